The third-order valence-corrected chi connectivity index (χ3v) is 14.9. The third kappa shape index (κ3) is 22.9. The summed E-state index contributed by atoms with van der Waals surface area (Å²) in [6, 6.07) is -0.136. The number of nitrogens with one attached hydrogen (secondary N) is 12. The maximum Gasteiger partial charge on any atom is 0.322 e. The smallest absolute Gasteiger partial charge is 0.322 e. The van der Waals surface area contributed by atoms with Crippen molar-refractivity contribution in [1.82, 2.24) is 58.5 Å². The molecule has 33 heteroatoms. The van der Waals surface area contributed by atoms with Gasteiger partial charge < -0.3 is 84.6 Å². The van der Waals surface area contributed by atoms with E-state index in [9.17, 15) is 82.8 Å². The molecule has 8 atom stereocenters. The lowest BCUT2D eigenvalue weighted by atomic mass is 10.0. The number of hydrogen-bond acceptors (Lipinski definition) is 18. The second-order valence-electron chi connectivity index (χ2n) is 17.8. The number of carboxylic acids is 3. The van der Waals surface area contributed by atoms with Gasteiger partial charge in [0.05, 0.1) is 25.1 Å². The number of benzene rings is 2. The summed E-state index contributed by atoms with van der Waals surface area (Å²) in [5, 5.41) is 72.6. The first-order chi connectivity index (χ1) is 38.0. The van der Waals surface area contributed by atoms with E-state index in [-0.39, 0.29) is 38.0 Å². The molecule has 2 fully saturated rings. The summed E-state index contributed by atoms with van der Waals surface area (Å²) in [6.45, 7) is -1.81. The van der Waals surface area contributed by atoms with E-state index in [1.165, 1.54) is 24.3 Å². The lowest BCUT2D eigenvalue weighted by Crippen LogP contribution is -2.60. The number of carbonyl (C=O) groups is 13. The number of nitrogens with two attached hydrogens (primary N) is 1. The number of aromatic hydroxyl groups is 1. The second-order valence-corrected chi connectivity index (χ2v) is 21.3. The van der Waals surface area contributed by atoms with Gasteiger partial charge in [-0.15, -0.1) is 11.8 Å². The Morgan fingerprint density at radius 3 is 1.62 bits per heavy atom. The quantitative estimate of drug-likeness (QED) is 0.0343. The molecular formula is C47H61N13O17S3. The fourth-order valence-electron chi connectivity index (χ4n) is 7.44. The Hall–Kier alpha value is -8.33. The average Bonchev–Trinajstić information content (AvgIpc) is 3.39. The topological polar surface area (TPSA) is 485 Å². The van der Waals surface area contributed by atoms with Crippen LogP contribution in [0.15, 0.2) is 54.6 Å². The minimum atomic E-state index is -1.97. The predicted octanol–water partition coefficient (Wildman–Crippen LogP) is -5.27. The van der Waals surface area contributed by atoms with Gasteiger partial charge in [-0.25, -0.2) is 0 Å². The number of rotatable bonds is 15. The molecule has 80 heavy (non-hydrogen) atoms. The zero-order valence-corrected chi connectivity index (χ0v) is 44.9. The fraction of sp³-hybridized carbons (Fsp3) is 0.447. The molecule has 2 aliphatic rings. The molecule has 2 aromatic carbocycles. The molecule has 8 unspecified atom stereocenters. The van der Waals surface area contributed by atoms with Crippen molar-refractivity contribution in [2.75, 3.05) is 42.6 Å². The van der Waals surface area contributed by atoms with E-state index < -0.39 is 180 Å². The van der Waals surface area contributed by atoms with Gasteiger partial charge in [0.2, 0.25) is 59.1 Å². The van der Waals surface area contributed by atoms with Crippen molar-refractivity contribution in [3.05, 3.63) is 65.7 Å². The maximum absolute atomic E-state index is 14.5. The zero-order valence-electron chi connectivity index (χ0n) is 42.4. The molecule has 30 nitrogen and oxygen atoms in total. The second kappa shape index (κ2) is 32.5. The molecule has 0 saturated carbocycles. The van der Waals surface area contributed by atoms with E-state index >= 15 is 0 Å². The first-order valence-electron chi connectivity index (χ1n) is 24.3. The van der Waals surface area contributed by atoms with E-state index in [0.29, 0.717) is 11.1 Å². The van der Waals surface area contributed by atoms with Gasteiger partial charge in [0.25, 0.3) is 0 Å². The Kier molecular flexibility index (Phi) is 26.1. The highest BCUT2D eigenvalue weighted by Gasteiger charge is 2.36. The van der Waals surface area contributed by atoms with Crippen LogP contribution in [0.2, 0.25) is 0 Å². The van der Waals surface area contributed by atoms with Crippen LogP contribution in [0.5, 0.6) is 5.75 Å². The van der Waals surface area contributed by atoms with Crippen molar-refractivity contribution >= 4 is 116 Å². The van der Waals surface area contributed by atoms with Gasteiger partial charge in [0, 0.05) is 36.6 Å². The molecule has 2 bridgehead atoms. The molecule has 2 heterocycles. The number of amides is 10. The van der Waals surface area contributed by atoms with Crippen LogP contribution < -0.4 is 64.2 Å². The lowest BCUT2D eigenvalue weighted by molar-refractivity contribution is -0.141. The van der Waals surface area contributed by atoms with E-state index in [1.807, 2.05) is 0 Å². The number of thioether (sulfide) groups is 1. The van der Waals surface area contributed by atoms with Crippen molar-refractivity contribution in [1.29, 1.82) is 5.41 Å². The molecule has 0 spiro atoms. The van der Waals surface area contributed by atoms with Gasteiger partial charge in [0.15, 0.2) is 5.96 Å². The zero-order chi connectivity index (χ0) is 58.9. The Morgan fingerprint density at radius 1 is 0.562 bits per heavy atom. The van der Waals surface area contributed by atoms with Crippen LogP contribution in [-0.4, -0.2) is 194 Å². The summed E-state index contributed by atoms with van der Waals surface area (Å²) in [7, 11) is 1.56. The Balaban J connectivity index is 1.87. The van der Waals surface area contributed by atoms with Crippen LogP contribution in [0.1, 0.15) is 36.8 Å². The monoisotopic (exact) mass is 1180 g/mol. The molecule has 434 valence electrons. The van der Waals surface area contributed by atoms with E-state index in [1.54, 1.807) is 30.3 Å². The Labute approximate surface area is 467 Å². The number of phenolic OH excluding ortho intramolecular Hbond substituents is 1. The molecule has 2 saturated heterocycles. The molecule has 2 aliphatic heterocycles. The highest BCUT2D eigenvalue weighted by molar-refractivity contribution is 8.76. The van der Waals surface area contributed by atoms with Gasteiger partial charge in [-0.2, -0.15) is 0 Å². The molecular weight excluding hydrogens is 1110 g/mol. The maximum atomic E-state index is 14.5. The summed E-state index contributed by atoms with van der Waals surface area (Å²) in [4.78, 5) is 175. The van der Waals surface area contributed by atoms with E-state index in [4.69, 9.17) is 11.1 Å². The molecule has 0 radical (unpaired) electrons. The number of carboxylic acid groups (broad SMARTS) is 3. The van der Waals surface area contributed by atoms with Crippen LogP contribution in [0, 0.1) is 5.41 Å². The van der Waals surface area contributed by atoms with Crippen LogP contribution in [0.4, 0.5) is 0 Å². The van der Waals surface area contributed by atoms with Gasteiger partial charge in [0.1, 0.15) is 60.6 Å². The summed E-state index contributed by atoms with van der Waals surface area (Å²) in [6.07, 6.45) is -2.88. The number of carbonyl (C=O) groups excluding carboxylic acids is 10. The van der Waals surface area contributed by atoms with Crippen LogP contribution in [-0.2, 0) is 75.2 Å². The Bertz CT molecular complexity index is 2620. The van der Waals surface area contributed by atoms with Gasteiger partial charge in [-0.1, -0.05) is 64.1 Å². The van der Waals surface area contributed by atoms with Crippen LogP contribution >= 0.6 is 33.3 Å². The van der Waals surface area contributed by atoms with Crippen molar-refractivity contribution < 1.29 is 82.8 Å². The minimum Gasteiger partial charge on any atom is -0.508 e. The SMILES string of the molecule is N=C(N)NCCCC1NC(=O)C2CSSCC(NC(=O)C(CC(=O)O)NC(=O)CNC1=O)C(=O)NC(Cc1ccccc1)C(=O)NC(C(=O)NCC(=O)O)CSCC(=O)NC(Cc1ccc(O)cc1)C(=O)NC(CC(=O)O)C(=O)N2. The molecule has 4 rings (SSSR count). The fourth-order valence-corrected chi connectivity index (χ4v) is 10.6. The number of phenols is 1. The predicted molar refractivity (Wildman–Crippen MR) is 287 cm³/mol. The number of aliphatic carboxylic acids is 3. The van der Waals surface area contributed by atoms with Crippen molar-refractivity contribution in [2.45, 2.75) is 86.9 Å². The average molecular weight is 1180 g/mol. The first-order valence-corrected chi connectivity index (χ1v) is 28.0. The normalized spacial score (nSPS) is 23.6. The lowest BCUT2D eigenvalue weighted by Gasteiger charge is -2.26. The summed E-state index contributed by atoms with van der Waals surface area (Å²) >= 11 is 0.722. The first kappa shape index (κ1) is 64.2. The highest BCUT2D eigenvalue weighted by Crippen LogP contribution is 2.24. The molecule has 18 N–H and O–H groups in total. The summed E-state index contributed by atoms with van der Waals surface area (Å²) in [5.41, 5.74) is 6.20. The molecule has 2 aromatic rings. The Morgan fingerprint density at radius 2 is 1.06 bits per heavy atom. The molecule has 10 amide bonds. The summed E-state index contributed by atoms with van der Waals surface area (Å²) in [5.74, 6) is -18.0. The minimum absolute atomic E-state index is 0.0103. The van der Waals surface area contributed by atoms with Crippen LogP contribution in [0.3, 0.4) is 0 Å². The number of hydrogen-bond donors (Lipinski definition) is 17. The third-order valence-electron chi connectivity index (χ3n) is 11.4. The van der Waals surface area contributed by atoms with Crippen molar-refractivity contribution in [3.63, 3.8) is 0 Å². The van der Waals surface area contributed by atoms with Gasteiger partial charge in [-0.05, 0) is 36.1 Å². The van der Waals surface area contributed by atoms with E-state index in [0.717, 1.165) is 33.3 Å². The van der Waals surface area contributed by atoms with Crippen molar-refractivity contribution in [2.24, 2.45) is 5.73 Å². The van der Waals surface area contributed by atoms with E-state index in [2.05, 4.69) is 58.5 Å². The number of fused-ring (bicyclic) bond motifs is 5. The van der Waals surface area contributed by atoms with Crippen LogP contribution in [0.25, 0.3) is 0 Å². The molecule has 0 aromatic heterocycles. The highest BCUT2D eigenvalue weighted by atomic mass is 33.1. The van der Waals surface area contributed by atoms with Gasteiger partial charge >= 0.3 is 17.9 Å². The standard InChI is InChI=1S/C47H61N13O17S3/c48-47(49)50-12-4-7-26-39(70)51-17-34(62)53-29(15-36(64)65)43(74)59-33-21-80-79-20-32(45(76)55-26)60-44(75)30(16-37(66)67)57-41(72)27(14-24-8-10-25(61)11-9-24)54-35(63)22-78-19-31(40(71)52-18-38(68)69)58-42(73)28(56-46(33)77)13-23-5-2-1-3-6-23/h1-3,5-6,8-11,26-33,61H,4,7,12-22H2,(H,51,70)(H,52,71)(H,53,62)(H,54,63)(H,55,76)(H,56,77)(H,57,72)(H,58,73)(H,59,74)(H,60,75)(H,64,65)(H,66,67)(H,68,69)(H4,48,49,50). The number of guanidine groups is 1. The van der Waals surface area contributed by atoms with Gasteiger partial charge in [-0.3, -0.25) is 67.7 Å². The summed E-state index contributed by atoms with van der Waals surface area (Å²) < 4.78 is 0. The largest absolute Gasteiger partial charge is 0.508 e. The van der Waals surface area contributed by atoms with Crippen molar-refractivity contribution in [3.8, 4) is 5.75 Å². The molecule has 0 aliphatic carbocycles.